The van der Waals surface area contributed by atoms with Crippen molar-refractivity contribution in [3.05, 3.63) is 71.3 Å². The maximum absolute atomic E-state index is 9.49. The Morgan fingerprint density at radius 1 is 1.27 bits per heavy atom. The molecule has 0 radical (unpaired) electrons. The molecule has 0 fully saturated rings. The van der Waals surface area contributed by atoms with Crippen LogP contribution >= 0.6 is 0 Å². The summed E-state index contributed by atoms with van der Waals surface area (Å²) in [6.07, 6.45) is 3.86. The summed E-state index contributed by atoms with van der Waals surface area (Å²) in [4.78, 5) is 0. The van der Waals surface area contributed by atoms with Gasteiger partial charge in [0.05, 0.1) is 7.11 Å². The molecule has 0 spiro atoms. The molecule has 1 aliphatic carbocycles. The Morgan fingerprint density at radius 2 is 2.00 bits per heavy atom. The van der Waals surface area contributed by atoms with Crippen LogP contribution < -0.4 is 4.74 Å². The average molecular weight is 294 g/mol. The molecule has 0 aliphatic heterocycles. The van der Waals surface area contributed by atoms with Crippen molar-refractivity contribution < 1.29 is 9.84 Å². The molecule has 0 amide bonds. The van der Waals surface area contributed by atoms with Gasteiger partial charge in [0.2, 0.25) is 0 Å². The molecule has 2 nitrogen and oxygen atoms in total. The fourth-order valence-corrected chi connectivity index (χ4v) is 3.58. The Bertz CT molecular complexity index is 686. The molecule has 0 unspecified atom stereocenters. The second kappa shape index (κ2) is 5.88. The van der Waals surface area contributed by atoms with Gasteiger partial charge in [-0.2, -0.15) is 0 Å². The Kier molecular flexibility index (Phi) is 3.93. The van der Waals surface area contributed by atoms with Crippen LogP contribution in [-0.4, -0.2) is 12.2 Å². The van der Waals surface area contributed by atoms with Crippen LogP contribution in [0.15, 0.2) is 49.1 Å². The molecule has 0 heterocycles. The highest BCUT2D eigenvalue weighted by Crippen LogP contribution is 2.46. The minimum Gasteiger partial charge on any atom is -0.508 e. The van der Waals surface area contributed by atoms with E-state index in [-0.39, 0.29) is 0 Å². The number of hydrogen-bond acceptors (Lipinski definition) is 2. The summed E-state index contributed by atoms with van der Waals surface area (Å²) in [5.41, 5.74) is 5.42. The number of methoxy groups -OCH3 is 1. The Morgan fingerprint density at radius 3 is 2.64 bits per heavy atom. The topological polar surface area (TPSA) is 29.5 Å². The molecule has 0 saturated heterocycles. The highest BCUT2D eigenvalue weighted by molar-refractivity contribution is 5.50. The summed E-state index contributed by atoms with van der Waals surface area (Å²) in [5, 5.41) is 9.49. The van der Waals surface area contributed by atoms with Gasteiger partial charge in [0.1, 0.15) is 11.5 Å². The summed E-state index contributed by atoms with van der Waals surface area (Å²) in [6, 6.07) is 11.9. The van der Waals surface area contributed by atoms with Gasteiger partial charge in [-0.05, 0) is 71.2 Å². The third kappa shape index (κ3) is 2.50. The fraction of sp³-hybridized carbons (Fsp3) is 0.300. The van der Waals surface area contributed by atoms with E-state index in [1.165, 1.54) is 22.3 Å². The minimum absolute atomic E-state index is 0.320. The summed E-state index contributed by atoms with van der Waals surface area (Å²) in [7, 11) is 1.72. The van der Waals surface area contributed by atoms with Crippen molar-refractivity contribution in [2.75, 3.05) is 7.11 Å². The molecule has 2 aromatic rings. The van der Waals surface area contributed by atoms with Crippen LogP contribution in [0.2, 0.25) is 0 Å². The Labute approximate surface area is 132 Å². The molecule has 0 saturated carbocycles. The van der Waals surface area contributed by atoms with Crippen molar-refractivity contribution in [3.8, 4) is 11.5 Å². The van der Waals surface area contributed by atoms with E-state index in [4.69, 9.17) is 4.74 Å². The van der Waals surface area contributed by atoms with Crippen LogP contribution in [-0.2, 0) is 12.8 Å². The monoisotopic (exact) mass is 294 g/mol. The zero-order chi connectivity index (χ0) is 15.7. The highest BCUT2D eigenvalue weighted by atomic mass is 16.5. The third-order valence-electron chi connectivity index (χ3n) is 4.79. The first-order valence-corrected chi connectivity index (χ1v) is 7.73. The summed E-state index contributed by atoms with van der Waals surface area (Å²) < 4.78 is 5.46. The van der Waals surface area contributed by atoms with E-state index in [2.05, 4.69) is 25.6 Å². The average Bonchev–Trinajstić information content (AvgIpc) is 2.86. The van der Waals surface area contributed by atoms with Gasteiger partial charge in [-0.1, -0.05) is 25.1 Å². The zero-order valence-electron chi connectivity index (χ0n) is 13.2. The molecule has 0 bridgehead atoms. The number of benzene rings is 2. The first-order valence-electron chi connectivity index (χ1n) is 7.73. The number of aromatic hydroxyl groups is 1. The number of fused-ring (bicyclic) bond motifs is 1. The van der Waals surface area contributed by atoms with E-state index in [0.717, 1.165) is 18.6 Å². The van der Waals surface area contributed by atoms with Crippen LogP contribution in [0.4, 0.5) is 0 Å². The van der Waals surface area contributed by atoms with Crippen LogP contribution in [0.5, 0.6) is 11.5 Å². The molecule has 0 aromatic heterocycles. The maximum Gasteiger partial charge on any atom is 0.119 e. The molecular weight excluding hydrogens is 272 g/mol. The van der Waals surface area contributed by atoms with E-state index in [0.29, 0.717) is 17.6 Å². The van der Waals surface area contributed by atoms with Gasteiger partial charge in [0.15, 0.2) is 0 Å². The highest BCUT2D eigenvalue weighted by Gasteiger charge is 2.32. The van der Waals surface area contributed by atoms with Gasteiger partial charge in [0, 0.05) is 0 Å². The van der Waals surface area contributed by atoms with Crippen LogP contribution in [0.25, 0.3) is 0 Å². The summed E-state index contributed by atoms with van der Waals surface area (Å²) >= 11 is 0. The second-order valence-corrected chi connectivity index (χ2v) is 6.04. The van der Waals surface area contributed by atoms with Crippen molar-refractivity contribution in [1.29, 1.82) is 0 Å². The molecule has 2 aromatic carbocycles. The number of phenols is 1. The van der Waals surface area contributed by atoms with E-state index < -0.39 is 0 Å². The van der Waals surface area contributed by atoms with Gasteiger partial charge in [0.25, 0.3) is 0 Å². The van der Waals surface area contributed by atoms with Crippen LogP contribution in [0.1, 0.15) is 41.0 Å². The van der Waals surface area contributed by atoms with Crippen molar-refractivity contribution in [3.63, 3.8) is 0 Å². The number of phenolic OH excluding ortho intramolecular Hbond substituents is 1. The largest absolute Gasteiger partial charge is 0.508 e. The number of allylic oxidation sites excluding steroid dienone is 1. The van der Waals surface area contributed by atoms with E-state index in [1.54, 1.807) is 19.2 Å². The first-order chi connectivity index (χ1) is 10.6. The predicted octanol–water partition coefficient (Wildman–Crippen LogP) is 4.57. The molecule has 114 valence electrons. The van der Waals surface area contributed by atoms with Gasteiger partial charge in [-0.3, -0.25) is 0 Å². The van der Waals surface area contributed by atoms with Crippen molar-refractivity contribution in [1.82, 2.24) is 0 Å². The van der Waals surface area contributed by atoms with Crippen LogP contribution in [0, 0.1) is 0 Å². The SMILES string of the molecule is C=CCc1cc(OC)cc2c1C[C@@H](c1ccc(O)cc1)[C@@H]2C. The van der Waals surface area contributed by atoms with Crippen LogP contribution in [0.3, 0.4) is 0 Å². The van der Waals surface area contributed by atoms with Crippen molar-refractivity contribution >= 4 is 0 Å². The van der Waals surface area contributed by atoms with Crippen molar-refractivity contribution in [2.45, 2.75) is 31.6 Å². The number of rotatable bonds is 4. The molecule has 2 heteroatoms. The molecule has 1 aliphatic rings. The van der Waals surface area contributed by atoms with Gasteiger partial charge in [-0.15, -0.1) is 6.58 Å². The lowest BCUT2D eigenvalue weighted by Crippen LogP contribution is -2.02. The van der Waals surface area contributed by atoms with E-state index in [9.17, 15) is 5.11 Å². The Hall–Kier alpha value is -2.22. The lowest BCUT2D eigenvalue weighted by atomic mass is 9.88. The van der Waals surface area contributed by atoms with Gasteiger partial charge in [-0.25, -0.2) is 0 Å². The van der Waals surface area contributed by atoms with Crippen molar-refractivity contribution in [2.24, 2.45) is 0 Å². The fourth-order valence-electron chi connectivity index (χ4n) is 3.58. The van der Waals surface area contributed by atoms with Gasteiger partial charge >= 0.3 is 0 Å². The first kappa shape index (κ1) is 14.7. The molecule has 1 N–H and O–H groups in total. The Balaban J connectivity index is 2.01. The predicted molar refractivity (Wildman–Crippen MR) is 89.9 cm³/mol. The number of hydrogen-bond donors (Lipinski definition) is 1. The quantitative estimate of drug-likeness (QED) is 0.837. The zero-order valence-corrected chi connectivity index (χ0v) is 13.2. The summed E-state index contributed by atoms with van der Waals surface area (Å²) in [6.45, 7) is 6.15. The molecule has 3 rings (SSSR count). The number of ether oxygens (including phenoxy) is 1. The van der Waals surface area contributed by atoms with Gasteiger partial charge < -0.3 is 9.84 Å². The normalized spacial score (nSPS) is 19.7. The maximum atomic E-state index is 9.49. The lowest BCUT2D eigenvalue weighted by Gasteiger charge is -2.16. The molecule has 2 atom stereocenters. The molecule has 22 heavy (non-hydrogen) atoms. The third-order valence-corrected chi connectivity index (χ3v) is 4.79. The lowest BCUT2D eigenvalue weighted by molar-refractivity contribution is 0.413. The minimum atomic E-state index is 0.320. The standard InChI is InChI=1S/C20H22O2/c1-4-5-15-10-17(22-3)11-19-13(2)18(12-20(15)19)14-6-8-16(21)9-7-14/h4,6-11,13,18,21H,1,5,12H2,2-3H3/t13-,18+/m0/s1. The van der Waals surface area contributed by atoms with E-state index in [1.807, 2.05) is 18.2 Å². The molecular formula is C20H22O2. The van der Waals surface area contributed by atoms with E-state index >= 15 is 0 Å². The summed E-state index contributed by atoms with van der Waals surface area (Å²) in [5.74, 6) is 2.14. The smallest absolute Gasteiger partial charge is 0.119 e. The second-order valence-electron chi connectivity index (χ2n) is 6.04.